The van der Waals surface area contributed by atoms with Crippen molar-refractivity contribution in [1.82, 2.24) is 20.2 Å². The van der Waals surface area contributed by atoms with Crippen LogP contribution in [0.1, 0.15) is 25.7 Å². The van der Waals surface area contributed by atoms with E-state index >= 15 is 0 Å². The predicted molar refractivity (Wildman–Crippen MR) is 52.7 cm³/mol. The molecule has 0 aromatic carbocycles. The summed E-state index contributed by atoms with van der Waals surface area (Å²) in [5, 5.41) is 14.5. The van der Waals surface area contributed by atoms with E-state index in [2.05, 4.69) is 20.8 Å². The van der Waals surface area contributed by atoms with Crippen LogP contribution in [0.25, 0.3) is 0 Å². The maximum absolute atomic E-state index is 6.01. The van der Waals surface area contributed by atoms with E-state index in [1.54, 1.807) is 4.68 Å². The van der Waals surface area contributed by atoms with Gasteiger partial charge in [0.2, 0.25) is 5.95 Å². The molecule has 0 aliphatic heterocycles. The van der Waals surface area contributed by atoms with E-state index in [4.69, 9.17) is 5.73 Å². The first-order chi connectivity index (χ1) is 6.77. The summed E-state index contributed by atoms with van der Waals surface area (Å²) in [6, 6.07) is 0.536. The minimum Gasteiger partial charge on any atom is -0.349 e. The number of nitrogens with two attached hydrogens (primary N) is 1. The fourth-order valence-corrected chi connectivity index (χ4v) is 1.86. The molecule has 0 saturated heterocycles. The number of aromatic nitrogens is 4. The highest BCUT2D eigenvalue weighted by molar-refractivity contribution is 5.24. The van der Waals surface area contributed by atoms with Crippen LogP contribution in [0.3, 0.4) is 0 Å². The Kier molecular flexibility index (Phi) is 2.62. The van der Waals surface area contributed by atoms with Crippen LogP contribution in [-0.4, -0.2) is 32.3 Å². The molecule has 78 valence electrons. The first-order valence-electron chi connectivity index (χ1n) is 5.02. The molecule has 0 bridgehead atoms. The van der Waals surface area contributed by atoms with E-state index < -0.39 is 0 Å². The van der Waals surface area contributed by atoms with Gasteiger partial charge in [0.05, 0.1) is 0 Å². The highest BCUT2D eigenvalue weighted by Crippen LogP contribution is 2.19. The minimum absolute atomic E-state index is 0.223. The van der Waals surface area contributed by atoms with Crippen LogP contribution in [-0.2, 0) is 7.05 Å². The van der Waals surface area contributed by atoms with Crippen molar-refractivity contribution >= 4 is 5.95 Å². The molecule has 0 amide bonds. The number of rotatable bonds is 2. The van der Waals surface area contributed by atoms with Crippen LogP contribution in [0.15, 0.2) is 0 Å². The molecule has 14 heavy (non-hydrogen) atoms. The van der Waals surface area contributed by atoms with Gasteiger partial charge in [0.25, 0.3) is 0 Å². The molecule has 2 rings (SSSR count). The van der Waals surface area contributed by atoms with Gasteiger partial charge in [-0.3, -0.25) is 0 Å². The molecule has 6 heteroatoms. The lowest BCUT2D eigenvalue weighted by Gasteiger charge is -2.29. The molecular weight excluding hydrogens is 180 g/mol. The molecule has 0 spiro atoms. The van der Waals surface area contributed by atoms with E-state index in [0.29, 0.717) is 12.0 Å². The monoisotopic (exact) mass is 196 g/mol. The highest BCUT2D eigenvalue weighted by atomic mass is 15.6. The number of nitrogens with one attached hydrogen (secondary N) is 1. The Morgan fingerprint density at radius 3 is 2.86 bits per heavy atom. The molecule has 6 nitrogen and oxygen atoms in total. The summed E-state index contributed by atoms with van der Waals surface area (Å²) in [6.07, 6.45) is 4.66. The quantitative estimate of drug-likeness (QED) is 0.690. The van der Waals surface area contributed by atoms with Gasteiger partial charge in [0.15, 0.2) is 0 Å². The normalized spacial score (nSPS) is 27.6. The summed E-state index contributed by atoms with van der Waals surface area (Å²) < 4.78 is 1.63. The van der Waals surface area contributed by atoms with Gasteiger partial charge in [-0.15, -0.1) is 0 Å². The molecule has 1 aromatic rings. The van der Waals surface area contributed by atoms with Crippen molar-refractivity contribution < 1.29 is 0 Å². The third-order valence-corrected chi connectivity index (χ3v) is 2.75. The van der Waals surface area contributed by atoms with Gasteiger partial charge < -0.3 is 11.1 Å². The van der Waals surface area contributed by atoms with Gasteiger partial charge in [0, 0.05) is 19.1 Å². The van der Waals surface area contributed by atoms with Crippen LogP contribution >= 0.6 is 0 Å². The molecule has 1 aliphatic carbocycles. The van der Waals surface area contributed by atoms with Crippen molar-refractivity contribution in [2.45, 2.75) is 37.8 Å². The maximum Gasteiger partial charge on any atom is 0.242 e. The predicted octanol–water partition coefficient (Wildman–Crippen LogP) is -0.108. The Labute approximate surface area is 82.9 Å². The van der Waals surface area contributed by atoms with Gasteiger partial charge in [-0.25, -0.2) is 4.68 Å². The van der Waals surface area contributed by atoms with Crippen LogP contribution in [0, 0.1) is 0 Å². The summed E-state index contributed by atoms with van der Waals surface area (Å²) in [4.78, 5) is 0. The van der Waals surface area contributed by atoms with E-state index in [-0.39, 0.29) is 6.04 Å². The number of nitrogens with zero attached hydrogens (tertiary/aromatic N) is 4. The second-order valence-electron chi connectivity index (χ2n) is 3.83. The van der Waals surface area contributed by atoms with Gasteiger partial charge in [-0.05, 0) is 23.3 Å². The van der Waals surface area contributed by atoms with Gasteiger partial charge in [-0.2, -0.15) is 0 Å². The Morgan fingerprint density at radius 2 is 2.21 bits per heavy atom. The number of hydrogen-bond donors (Lipinski definition) is 2. The van der Waals surface area contributed by atoms with Crippen molar-refractivity contribution in [1.29, 1.82) is 0 Å². The van der Waals surface area contributed by atoms with Crippen LogP contribution in [0.5, 0.6) is 0 Å². The number of hydrogen-bond acceptors (Lipinski definition) is 5. The smallest absolute Gasteiger partial charge is 0.242 e. The highest BCUT2D eigenvalue weighted by Gasteiger charge is 2.22. The maximum atomic E-state index is 6.01. The fourth-order valence-electron chi connectivity index (χ4n) is 1.86. The van der Waals surface area contributed by atoms with Crippen molar-refractivity contribution in [3.8, 4) is 0 Å². The van der Waals surface area contributed by atoms with E-state index in [1.165, 1.54) is 12.8 Å². The fraction of sp³-hybridized carbons (Fsp3) is 0.875. The molecule has 1 aliphatic rings. The summed E-state index contributed by atoms with van der Waals surface area (Å²) in [6.45, 7) is 0. The van der Waals surface area contributed by atoms with Crippen LogP contribution in [0.2, 0.25) is 0 Å². The lowest BCUT2D eigenvalue weighted by Crippen LogP contribution is -2.43. The summed E-state index contributed by atoms with van der Waals surface area (Å²) in [5.74, 6) is 0.701. The second-order valence-corrected chi connectivity index (χ2v) is 3.83. The summed E-state index contributed by atoms with van der Waals surface area (Å²) in [7, 11) is 1.82. The van der Waals surface area contributed by atoms with Crippen molar-refractivity contribution in [3.63, 3.8) is 0 Å². The van der Waals surface area contributed by atoms with Crippen molar-refractivity contribution in [2.75, 3.05) is 5.32 Å². The third-order valence-electron chi connectivity index (χ3n) is 2.75. The Bertz CT molecular complexity index is 296. The molecule has 3 N–H and O–H groups in total. The standard InChI is InChI=1S/C8H16N6/c1-14-8(11-12-13-14)10-7-5-3-2-4-6(7)9/h6-7H,2-5,9H2,1H3,(H,10,11,13). The molecule has 2 atom stereocenters. The number of tetrazole rings is 1. The third kappa shape index (κ3) is 1.84. The van der Waals surface area contributed by atoms with Gasteiger partial charge >= 0.3 is 0 Å². The second kappa shape index (κ2) is 3.91. The van der Waals surface area contributed by atoms with Gasteiger partial charge in [-0.1, -0.05) is 17.9 Å². The first kappa shape index (κ1) is 9.39. The molecule has 2 unspecified atom stereocenters. The zero-order valence-electron chi connectivity index (χ0n) is 8.35. The van der Waals surface area contributed by atoms with Crippen molar-refractivity contribution in [2.24, 2.45) is 12.8 Å². The Balaban J connectivity index is 1.99. The average Bonchev–Trinajstić information content (AvgIpc) is 2.56. The van der Waals surface area contributed by atoms with Crippen LogP contribution < -0.4 is 11.1 Å². The molecule has 1 heterocycles. The van der Waals surface area contributed by atoms with E-state index in [0.717, 1.165) is 12.8 Å². The zero-order chi connectivity index (χ0) is 9.97. The SMILES string of the molecule is Cn1nnnc1NC1CCCCC1N. The number of aryl methyl sites for hydroxylation is 1. The molecule has 1 fully saturated rings. The lowest BCUT2D eigenvalue weighted by molar-refractivity contribution is 0.401. The first-order valence-corrected chi connectivity index (χ1v) is 5.02. The molecule has 1 aromatic heterocycles. The molecule has 0 radical (unpaired) electrons. The van der Waals surface area contributed by atoms with Crippen molar-refractivity contribution in [3.05, 3.63) is 0 Å². The summed E-state index contributed by atoms with van der Waals surface area (Å²) in [5.41, 5.74) is 6.01. The largest absolute Gasteiger partial charge is 0.349 e. The Morgan fingerprint density at radius 1 is 1.43 bits per heavy atom. The average molecular weight is 196 g/mol. The zero-order valence-corrected chi connectivity index (χ0v) is 8.35. The number of anilines is 1. The molecular formula is C8H16N6. The summed E-state index contributed by atoms with van der Waals surface area (Å²) >= 11 is 0. The topological polar surface area (TPSA) is 81.7 Å². The molecule has 1 saturated carbocycles. The Hall–Kier alpha value is -1.17. The van der Waals surface area contributed by atoms with E-state index in [9.17, 15) is 0 Å². The van der Waals surface area contributed by atoms with E-state index in [1.807, 2.05) is 7.05 Å². The van der Waals surface area contributed by atoms with Gasteiger partial charge in [0.1, 0.15) is 0 Å². The lowest BCUT2D eigenvalue weighted by atomic mass is 9.91. The van der Waals surface area contributed by atoms with Crippen LogP contribution in [0.4, 0.5) is 5.95 Å². The minimum atomic E-state index is 0.223.